The molecule has 0 fully saturated rings. The van der Waals surface area contributed by atoms with Gasteiger partial charge in [0.1, 0.15) is 0 Å². The standard InChI is InChI=1S/C12H11N3O2/c1-9-3-2-4-11(15(9)17)12(16)14-10-5-7-13-8-6-10/h2-8H,1H3,(H,13,14,16). The van der Waals surface area contributed by atoms with E-state index in [1.165, 1.54) is 6.07 Å². The summed E-state index contributed by atoms with van der Waals surface area (Å²) in [7, 11) is 0. The monoisotopic (exact) mass is 229 g/mol. The SMILES string of the molecule is Cc1cccc(C(=O)Nc2ccncc2)[n+]1[O-]. The molecule has 2 rings (SSSR count). The van der Waals surface area contributed by atoms with E-state index in [1.807, 2.05) is 0 Å². The second kappa shape index (κ2) is 4.61. The van der Waals surface area contributed by atoms with Crippen LogP contribution in [0.1, 0.15) is 16.2 Å². The summed E-state index contributed by atoms with van der Waals surface area (Å²) in [5.74, 6) is -0.435. The van der Waals surface area contributed by atoms with Crippen LogP contribution in [0.5, 0.6) is 0 Å². The molecule has 0 saturated carbocycles. The average Bonchev–Trinajstić information content (AvgIpc) is 2.34. The van der Waals surface area contributed by atoms with Gasteiger partial charge in [0.25, 0.3) is 5.69 Å². The molecule has 86 valence electrons. The highest BCUT2D eigenvalue weighted by molar-refractivity contribution is 6.01. The molecule has 2 aromatic rings. The molecular formula is C12H11N3O2. The van der Waals surface area contributed by atoms with Crippen LogP contribution in [0.4, 0.5) is 5.69 Å². The van der Waals surface area contributed by atoms with Crippen molar-refractivity contribution < 1.29 is 9.52 Å². The molecule has 0 aliphatic heterocycles. The molecule has 2 aromatic heterocycles. The summed E-state index contributed by atoms with van der Waals surface area (Å²) in [6, 6.07) is 8.11. The molecule has 0 aliphatic rings. The maximum Gasteiger partial charge on any atom is 0.321 e. The Morgan fingerprint density at radius 3 is 2.71 bits per heavy atom. The van der Waals surface area contributed by atoms with Gasteiger partial charge in [-0.2, -0.15) is 4.73 Å². The Kier molecular flexibility index (Phi) is 3.00. The van der Waals surface area contributed by atoms with Crippen molar-refractivity contribution in [2.24, 2.45) is 0 Å². The summed E-state index contributed by atoms with van der Waals surface area (Å²) < 4.78 is 0.608. The maximum atomic E-state index is 11.8. The molecule has 0 bridgehead atoms. The number of pyridine rings is 2. The third-order valence-electron chi connectivity index (χ3n) is 2.30. The van der Waals surface area contributed by atoms with Gasteiger partial charge < -0.3 is 10.5 Å². The van der Waals surface area contributed by atoms with E-state index in [1.54, 1.807) is 43.6 Å². The Labute approximate surface area is 98.3 Å². The van der Waals surface area contributed by atoms with Gasteiger partial charge in [-0.3, -0.25) is 9.78 Å². The lowest BCUT2D eigenvalue weighted by Crippen LogP contribution is -2.39. The Morgan fingerprint density at radius 1 is 1.29 bits per heavy atom. The molecule has 0 radical (unpaired) electrons. The van der Waals surface area contributed by atoms with Crippen LogP contribution in [0.15, 0.2) is 42.7 Å². The number of hydrogen-bond donors (Lipinski definition) is 1. The fraction of sp³-hybridized carbons (Fsp3) is 0.0833. The minimum atomic E-state index is -0.435. The highest BCUT2D eigenvalue weighted by atomic mass is 16.5. The van der Waals surface area contributed by atoms with Crippen molar-refractivity contribution in [3.8, 4) is 0 Å². The largest absolute Gasteiger partial charge is 0.618 e. The predicted octanol–water partition coefficient (Wildman–Crippen LogP) is 1.28. The molecular weight excluding hydrogens is 218 g/mol. The van der Waals surface area contributed by atoms with Crippen LogP contribution in [0.2, 0.25) is 0 Å². The lowest BCUT2D eigenvalue weighted by Gasteiger charge is -2.07. The number of aromatic nitrogens is 2. The van der Waals surface area contributed by atoms with E-state index in [0.717, 1.165) is 0 Å². The number of nitrogens with one attached hydrogen (secondary N) is 1. The van der Waals surface area contributed by atoms with Crippen LogP contribution in [-0.2, 0) is 0 Å². The van der Waals surface area contributed by atoms with Crippen molar-refractivity contribution in [1.82, 2.24) is 4.98 Å². The molecule has 1 amide bonds. The molecule has 17 heavy (non-hydrogen) atoms. The topological polar surface area (TPSA) is 68.9 Å². The molecule has 0 atom stereocenters. The molecule has 0 saturated heterocycles. The van der Waals surface area contributed by atoms with E-state index < -0.39 is 5.91 Å². The second-order valence-corrected chi connectivity index (χ2v) is 3.54. The quantitative estimate of drug-likeness (QED) is 0.623. The normalized spacial score (nSPS) is 9.94. The van der Waals surface area contributed by atoms with Gasteiger partial charge in [-0.25, -0.2) is 0 Å². The van der Waals surface area contributed by atoms with Gasteiger partial charge in [-0.1, -0.05) is 0 Å². The minimum absolute atomic E-state index is 0.0711. The Balaban J connectivity index is 2.24. The molecule has 2 heterocycles. The van der Waals surface area contributed by atoms with Gasteiger partial charge in [-0.05, 0) is 18.2 Å². The third-order valence-corrected chi connectivity index (χ3v) is 2.30. The summed E-state index contributed by atoms with van der Waals surface area (Å²) >= 11 is 0. The van der Waals surface area contributed by atoms with Crippen molar-refractivity contribution in [2.75, 3.05) is 5.32 Å². The summed E-state index contributed by atoms with van der Waals surface area (Å²) in [4.78, 5) is 15.7. The highest BCUT2D eigenvalue weighted by Gasteiger charge is 2.16. The Bertz CT molecular complexity index is 541. The molecule has 5 nitrogen and oxygen atoms in total. The molecule has 0 unspecified atom stereocenters. The van der Waals surface area contributed by atoms with Crippen molar-refractivity contribution in [2.45, 2.75) is 6.92 Å². The van der Waals surface area contributed by atoms with E-state index in [4.69, 9.17) is 0 Å². The van der Waals surface area contributed by atoms with Gasteiger partial charge >= 0.3 is 5.91 Å². The first-order valence-corrected chi connectivity index (χ1v) is 5.09. The Morgan fingerprint density at radius 2 is 2.00 bits per heavy atom. The summed E-state index contributed by atoms with van der Waals surface area (Å²) in [5.41, 5.74) is 1.15. The number of carbonyl (C=O) groups excluding carboxylic acids is 1. The smallest absolute Gasteiger partial charge is 0.321 e. The second-order valence-electron chi connectivity index (χ2n) is 3.54. The van der Waals surface area contributed by atoms with Crippen molar-refractivity contribution >= 4 is 11.6 Å². The van der Waals surface area contributed by atoms with Gasteiger partial charge in [0.05, 0.1) is 0 Å². The van der Waals surface area contributed by atoms with Crippen LogP contribution < -0.4 is 10.0 Å². The van der Waals surface area contributed by atoms with Crippen LogP contribution in [0.25, 0.3) is 0 Å². The Hall–Kier alpha value is -2.43. The van der Waals surface area contributed by atoms with Crippen LogP contribution >= 0.6 is 0 Å². The van der Waals surface area contributed by atoms with Crippen LogP contribution in [-0.4, -0.2) is 10.9 Å². The molecule has 0 aromatic carbocycles. The van der Waals surface area contributed by atoms with Crippen molar-refractivity contribution in [3.63, 3.8) is 0 Å². The van der Waals surface area contributed by atoms with E-state index in [2.05, 4.69) is 10.3 Å². The number of carbonyl (C=O) groups is 1. The van der Waals surface area contributed by atoms with Crippen molar-refractivity contribution in [1.29, 1.82) is 0 Å². The summed E-state index contributed by atoms with van der Waals surface area (Å²) in [6.07, 6.45) is 3.13. The first-order valence-electron chi connectivity index (χ1n) is 5.09. The number of amides is 1. The number of rotatable bonds is 2. The van der Waals surface area contributed by atoms with Crippen molar-refractivity contribution in [3.05, 3.63) is 59.3 Å². The van der Waals surface area contributed by atoms with E-state index in [9.17, 15) is 10.0 Å². The van der Waals surface area contributed by atoms with Crippen LogP contribution in [0.3, 0.4) is 0 Å². The lowest BCUT2D eigenvalue weighted by molar-refractivity contribution is -0.614. The summed E-state index contributed by atoms with van der Waals surface area (Å²) in [6.45, 7) is 1.65. The number of nitrogens with zero attached hydrogens (tertiary/aromatic N) is 2. The van der Waals surface area contributed by atoms with E-state index in [0.29, 0.717) is 16.1 Å². The zero-order valence-corrected chi connectivity index (χ0v) is 9.25. The lowest BCUT2D eigenvalue weighted by atomic mass is 10.3. The third kappa shape index (κ3) is 2.39. The van der Waals surface area contributed by atoms with Crippen LogP contribution in [0, 0.1) is 12.1 Å². The van der Waals surface area contributed by atoms with Gasteiger partial charge in [0, 0.05) is 37.1 Å². The first kappa shape index (κ1) is 11.1. The molecule has 0 aliphatic carbocycles. The number of aryl methyl sites for hydroxylation is 1. The fourth-order valence-corrected chi connectivity index (χ4v) is 1.40. The molecule has 0 spiro atoms. The predicted molar refractivity (Wildman–Crippen MR) is 62.3 cm³/mol. The average molecular weight is 229 g/mol. The first-order chi connectivity index (χ1) is 8.18. The van der Waals surface area contributed by atoms with Gasteiger partial charge in [0.2, 0.25) is 0 Å². The molecule has 5 heteroatoms. The highest BCUT2D eigenvalue weighted by Crippen LogP contribution is 2.05. The zero-order valence-electron chi connectivity index (χ0n) is 9.25. The van der Waals surface area contributed by atoms with E-state index in [-0.39, 0.29) is 5.69 Å². The number of anilines is 1. The fourth-order valence-electron chi connectivity index (χ4n) is 1.40. The zero-order chi connectivity index (χ0) is 12.3. The summed E-state index contributed by atoms with van der Waals surface area (Å²) in [5, 5.41) is 14.3. The van der Waals surface area contributed by atoms with E-state index >= 15 is 0 Å². The van der Waals surface area contributed by atoms with Gasteiger partial charge in [0.15, 0.2) is 5.69 Å². The van der Waals surface area contributed by atoms with Gasteiger partial charge in [-0.15, -0.1) is 0 Å². The minimum Gasteiger partial charge on any atom is -0.618 e. The molecule has 1 N–H and O–H groups in total. The maximum absolute atomic E-state index is 11.8. The number of hydrogen-bond acceptors (Lipinski definition) is 3.